The molecule has 0 unspecified atom stereocenters. The van der Waals surface area contributed by atoms with E-state index in [1.807, 2.05) is 18.2 Å². The lowest BCUT2D eigenvalue weighted by Gasteiger charge is -2.29. The molecule has 39 heavy (non-hydrogen) atoms. The minimum Gasteiger partial charge on any atom is -0.497 e. The quantitative estimate of drug-likeness (QED) is 0.319. The molecule has 0 aliphatic heterocycles. The number of hydrogen-bond donors (Lipinski definition) is 2. The molecule has 0 spiro atoms. The number of hydrogen-bond acceptors (Lipinski definition) is 8. The molecule has 3 atom stereocenters. The van der Waals surface area contributed by atoms with Gasteiger partial charge in [-0.1, -0.05) is 42.5 Å². The predicted octanol–water partition coefficient (Wildman–Crippen LogP) is 3.78. The highest BCUT2D eigenvalue weighted by atomic mass is 16.6. The molecular weight excluding hydrogens is 508 g/mol. The Morgan fingerprint density at radius 3 is 2.13 bits per heavy atom. The normalized spacial score (nSPS) is 13.3. The molecule has 2 N–H and O–H groups in total. The summed E-state index contributed by atoms with van der Waals surface area (Å²) in [6.07, 6.45) is -3.00. The van der Waals surface area contributed by atoms with Crippen molar-refractivity contribution < 1.29 is 43.2 Å². The van der Waals surface area contributed by atoms with Gasteiger partial charge in [0.1, 0.15) is 30.1 Å². The number of carboxylic acid groups (broad SMARTS) is 1. The van der Waals surface area contributed by atoms with Gasteiger partial charge in [0.25, 0.3) is 0 Å². The first-order valence-corrected chi connectivity index (χ1v) is 12.3. The SMILES string of the molecule is COc1ccc(C[C@@H](C(=O)O[C@@H](C)[C@H](NC(=O)OC(C)(C)C)C(=O)O)N(C)C(=O)OCc2ccccc2)cc1. The molecule has 11 nitrogen and oxygen atoms in total. The van der Waals surface area contributed by atoms with E-state index in [0.717, 1.165) is 10.5 Å². The summed E-state index contributed by atoms with van der Waals surface area (Å²) in [6.45, 7) is 6.20. The van der Waals surface area contributed by atoms with Crippen LogP contribution < -0.4 is 10.1 Å². The maximum Gasteiger partial charge on any atom is 0.410 e. The molecular formula is C28H36N2O9. The zero-order valence-electron chi connectivity index (χ0n) is 23.0. The Morgan fingerprint density at radius 1 is 0.974 bits per heavy atom. The highest BCUT2D eigenvalue weighted by Crippen LogP contribution is 2.17. The van der Waals surface area contributed by atoms with Gasteiger partial charge in [0, 0.05) is 13.5 Å². The number of amides is 2. The summed E-state index contributed by atoms with van der Waals surface area (Å²) in [6, 6.07) is 13.2. The van der Waals surface area contributed by atoms with E-state index in [1.54, 1.807) is 57.2 Å². The van der Waals surface area contributed by atoms with E-state index in [2.05, 4.69) is 5.32 Å². The van der Waals surface area contributed by atoms with Crippen molar-refractivity contribution in [3.05, 3.63) is 65.7 Å². The Hall–Kier alpha value is -4.28. The summed E-state index contributed by atoms with van der Waals surface area (Å²) in [5.74, 6) is -1.70. The minimum atomic E-state index is -1.60. The Balaban J connectivity index is 2.20. The minimum absolute atomic E-state index is 0.00832. The molecule has 0 heterocycles. The summed E-state index contributed by atoms with van der Waals surface area (Å²) < 4.78 is 21.1. The van der Waals surface area contributed by atoms with E-state index in [1.165, 1.54) is 21.1 Å². The van der Waals surface area contributed by atoms with Crippen molar-refractivity contribution in [3.63, 3.8) is 0 Å². The molecule has 0 saturated carbocycles. The van der Waals surface area contributed by atoms with Gasteiger partial charge in [0.05, 0.1) is 7.11 Å². The third-order valence-electron chi connectivity index (χ3n) is 5.53. The third kappa shape index (κ3) is 10.2. The Bertz CT molecular complexity index is 1110. The average Bonchev–Trinajstić information content (AvgIpc) is 2.88. The average molecular weight is 545 g/mol. The molecule has 0 radical (unpaired) electrons. The standard InChI is InChI=1S/C28H36N2O9/c1-18(23(24(31)32)29-26(34)39-28(2,3)4)38-25(33)22(16-19-12-14-21(36-6)15-13-19)30(5)27(35)37-17-20-10-8-7-9-11-20/h7-15,18,22-23H,16-17H2,1-6H3,(H,29,34)(H,31,32)/t18-,22-,23-/m0/s1. The van der Waals surface area contributed by atoms with Crippen molar-refractivity contribution in [2.45, 2.75) is 64.5 Å². The largest absolute Gasteiger partial charge is 0.497 e. The van der Waals surface area contributed by atoms with Gasteiger partial charge in [-0.05, 0) is 51.0 Å². The van der Waals surface area contributed by atoms with Crippen molar-refractivity contribution in [1.82, 2.24) is 10.2 Å². The topological polar surface area (TPSA) is 141 Å². The number of carbonyl (C=O) groups excluding carboxylic acids is 3. The number of rotatable bonds is 11. The van der Waals surface area contributed by atoms with Crippen LogP contribution in [-0.2, 0) is 36.8 Å². The lowest BCUT2D eigenvalue weighted by atomic mass is 10.0. The molecule has 0 fully saturated rings. The molecule has 0 bridgehead atoms. The second kappa shape index (κ2) is 14.0. The zero-order valence-corrected chi connectivity index (χ0v) is 23.0. The number of esters is 1. The van der Waals surface area contributed by atoms with Gasteiger partial charge in [0.2, 0.25) is 0 Å². The Morgan fingerprint density at radius 2 is 1.59 bits per heavy atom. The van der Waals surface area contributed by atoms with Gasteiger partial charge in [0.15, 0.2) is 6.04 Å². The summed E-state index contributed by atoms with van der Waals surface area (Å²) in [4.78, 5) is 51.3. The molecule has 212 valence electrons. The van der Waals surface area contributed by atoms with Crippen molar-refractivity contribution in [2.75, 3.05) is 14.2 Å². The molecule has 11 heteroatoms. The molecule has 2 rings (SSSR count). The number of carboxylic acids is 1. The predicted molar refractivity (Wildman–Crippen MR) is 141 cm³/mol. The van der Waals surface area contributed by atoms with Gasteiger partial charge in [-0.3, -0.25) is 4.90 Å². The van der Waals surface area contributed by atoms with Crippen LogP contribution in [0.4, 0.5) is 9.59 Å². The van der Waals surface area contributed by atoms with Crippen molar-refractivity contribution in [1.29, 1.82) is 0 Å². The second-order valence-corrected chi connectivity index (χ2v) is 9.82. The lowest BCUT2D eigenvalue weighted by molar-refractivity contribution is -0.158. The summed E-state index contributed by atoms with van der Waals surface area (Å²) in [5.41, 5.74) is 0.591. The first-order valence-electron chi connectivity index (χ1n) is 12.3. The molecule has 2 aromatic rings. The summed E-state index contributed by atoms with van der Waals surface area (Å²) >= 11 is 0. The number of benzene rings is 2. The van der Waals surface area contributed by atoms with Crippen molar-refractivity contribution in [3.8, 4) is 5.75 Å². The summed E-state index contributed by atoms with van der Waals surface area (Å²) in [7, 11) is 2.92. The highest BCUT2D eigenvalue weighted by Gasteiger charge is 2.35. The van der Waals surface area contributed by atoms with Crippen LogP contribution in [0.5, 0.6) is 5.75 Å². The number of likely N-dealkylation sites (N-methyl/N-ethyl adjacent to an activating group) is 1. The van der Waals surface area contributed by atoms with Crippen molar-refractivity contribution in [2.24, 2.45) is 0 Å². The number of methoxy groups -OCH3 is 1. The third-order valence-corrected chi connectivity index (χ3v) is 5.53. The van der Waals surface area contributed by atoms with Crippen LogP contribution in [0.25, 0.3) is 0 Å². The van der Waals surface area contributed by atoms with E-state index in [-0.39, 0.29) is 13.0 Å². The Kier molecular flexibility index (Phi) is 11.1. The van der Waals surface area contributed by atoms with Crippen LogP contribution in [0, 0.1) is 0 Å². The first-order chi connectivity index (χ1) is 18.3. The van der Waals surface area contributed by atoms with E-state index < -0.39 is 47.9 Å². The van der Waals surface area contributed by atoms with Gasteiger partial charge in [-0.2, -0.15) is 0 Å². The maximum atomic E-state index is 13.3. The maximum absolute atomic E-state index is 13.3. The molecule has 2 amide bonds. The smallest absolute Gasteiger partial charge is 0.410 e. The number of nitrogens with zero attached hydrogens (tertiary/aromatic N) is 1. The van der Waals surface area contributed by atoms with E-state index in [4.69, 9.17) is 18.9 Å². The summed E-state index contributed by atoms with van der Waals surface area (Å²) in [5, 5.41) is 11.9. The second-order valence-electron chi connectivity index (χ2n) is 9.82. The number of ether oxygens (including phenoxy) is 4. The van der Waals surface area contributed by atoms with Crippen molar-refractivity contribution >= 4 is 24.1 Å². The van der Waals surface area contributed by atoms with Crippen LogP contribution in [0.2, 0.25) is 0 Å². The van der Waals surface area contributed by atoms with E-state index in [0.29, 0.717) is 11.3 Å². The number of carbonyl (C=O) groups is 4. The number of aliphatic carboxylic acids is 1. The van der Waals surface area contributed by atoms with Crippen LogP contribution in [0.1, 0.15) is 38.8 Å². The van der Waals surface area contributed by atoms with Gasteiger partial charge in [-0.25, -0.2) is 19.2 Å². The fourth-order valence-corrected chi connectivity index (χ4v) is 3.46. The van der Waals surface area contributed by atoms with Gasteiger partial charge < -0.3 is 29.4 Å². The van der Waals surface area contributed by atoms with Crippen LogP contribution in [-0.4, -0.2) is 72.1 Å². The van der Waals surface area contributed by atoms with Gasteiger partial charge in [-0.15, -0.1) is 0 Å². The van der Waals surface area contributed by atoms with Crippen LogP contribution >= 0.6 is 0 Å². The first kappa shape index (κ1) is 30.9. The highest BCUT2D eigenvalue weighted by molar-refractivity contribution is 5.84. The number of alkyl carbamates (subject to hydrolysis) is 1. The van der Waals surface area contributed by atoms with Crippen LogP contribution in [0.15, 0.2) is 54.6 Å². The van der Waals surface area contributed by atoms with E-state index >= 15 is 0 Å². The molecule has 0 saturated heterocycles. The molecule has 0 aliphatic rings. The monoisotopic (exact) mass is 544 g/mol. The molecule has 0 aromatic heterocycles. The van der Waals surface area contributed by atoms with E-state index in [9.17, 15) is 24.3 Å². The molecule has 2 aromatic carbocycles. The number of nitrogens with one attached hydrogen (secondary N) is 1. The fraction of sp³-hybridized carbons (Fsp3) is 0.429. The molecule has 0 aliphatic carbocycles. The van der Waals surface area contributed by atoms with Crippen LogP contribution in [0.3, 0.4) is 0 Å². The lowest BCUT2D eigenvalue weighted by Crippen LogP contribution is -2.52. The Labute approximate surface area is 228 Å². The van der Waals surface area contributed by atoms with Gasteiger partial charge >= 0.3 is 24.1 Å². The zero-order chi connectivity index (χ0) is 29.2. The fourth-order valence-electron chi connectivity index (χ4n) is 3.46.